The van der Waals surface area contributed by atoms with Gasteiger partial charge in [-0.1, -0.05) is 17.7 Å². The number of anilines is 2. The van der Waals surface area contributed by atoms with Crippen LogP contribution in [0.1, 0.15) is 38.7 Å². The van der Waals surface area contributed by atoms with Gasteiger partial charge in [-0.25, -0.2) is 0 Å². The van der Waals surface area contributed by atoms with E-state index in [0.717, 1.165) is 21.7 Å². The number of benzene rings is 1. The van der Waals surface area contributed by atoms with Crippen molar-refractivity contribution in [1.82, 2.24) is 4.98 Å². The van der Waals surface area contributed by atoms with Gasteiger partial charge < -0.3 is 10.6 Å². The Bertz CT molecular complexity index is 1020. The lowest BCUT2D eigenvalue weighted by atomic mass is 9.85. The number of fused-ring (bicyclic) bond motifs is 1. The number of thiophene rings is 1. The normalized spacial score (nSPS) is 15.8. The first-order valence-corrected chi connectivity index (χ1v) is 9.62. The van der Waals surface area contributed by atoms with Crippen molar-refractivity contribution in [1.29, 1.82) is 0 Å². The van der Waals surface area contributed by atoms with Crippen LogP contribution in [0.4, 0.5) is 10.7 Å². The lowest BCUT2D eigenvalue weighted by Gasteiger charge is -2.23. The third-order valence-electron chi connectivity index (χ3n) is 4.58. The molecule has 1 aliphatic heterocycles. The Morgan fingerprint density at radius 3 is 2.78 bits per heavy atom. The van der Waals surface area contributed by atoms with E-state index in [1.807, 2.05) is 19.1 Å². The summed E-state index contributed by atoms with van der Waals surface area (Å²) in [5.41, 5.74) is 3.52. The van der Waals surface area contributed by atoms with Gasteiger partial charge in [-0.3, -0.25) is 14.6 Å². The van der Waals surface area contributed by atoms with Crippen molar-refractivity contribution in [2.45, 2.75) is 19.3 Å². The number of pyridine rings is 1. The van der Waals surface area contributed by atoms with Gasteiger partial charge in [0.1, 0.15) is 0 Å². The van der Waals surface area contributed by atoms with Gasteiger partial charge in [0.15, 0.2) is 0 Å². The van der Waals surface area contributed by atoms with E-state index >= 15 is 0 Å². The molecule has 2 amide bonds. The van der Waals surface area contributed by atoms with Crippen LogP contribution in [0.25, 0.3) is 0 Å². The minimum Gasteiger partial charge on any atom is -0.321 e. The van der Waals surface area contributed by atoms with Gasteiger partial charge in [0.05, 0.1) is 9.88 Å². The van der Waals surface area contributed by atoms with Crippen LogP contribution in [0.2, 0.25) is 5.02 Å². The molecular formula is C20H16ClN3O2S. The quantitative estimate of drug-likeness (QED) is 0.664. The van der Waals surface area contributed by atoms with E-state index in [2.05, 4.69) is 15.6 Å². The topological polar surface area (TPSA) is 71.1 Å². The molecule has 7 heteroatoms. The molecule has 0 aliphatic carbocycles. The highest BCUT2D eigenvalue weighted by molar-refractivity contribution is 7.18. The standard InChI is InChI=1S/C20H16ClN3O2S/c1-11-17-15(12-3-2-8-22-10-12)9-16(25)24-20(17)27-18(11)19(26)23-14-6-4-13(21)5-7-14/h2-8,10,15H,9H2,1H3,(H,23,26)(H,24,25)/t15-/m0/s1. The van der Waals surface area contributed by atoms with Crippen molar-refractivity contribution in [3.63, 3.8) is 0 Å². The van der Waals surface area contributed by atoms with E-state index in [1.54, 1.807) is 36.7 Å². The molecule has 1 atom stereocenters. The Kier molecular flexibility index (Phi) is 4.68. The van der Waals surface area contributed by atoms with Crippen LogP contribution in [0.3, 0.4) is 0 Å². The zero-order valence-corrected chi connectivity index (χ0v) is 16.0. The number of rotatable bonds is 3. The molecule has 4 rings (SSSR count). The molecule has 0 radical (unpaired) electrons. The van der Waals surface area contributed by atoms with Crippen molar-refractivity contribution in [3.05, 3.63) is 75.4 Å². The Labute approximate surface area is 165 Å². The average Bonchev–Trinajstić information content (AvgIpc) is 3.00. The van der Waals surface area contributed by atoms with Crippen LogP contribution in [-0.2, 0) is 4.79 Å². The summed E-state index contributed by atoms with van der Waals surface area (Å²) in [6, 6.07) is 10.8. The van der Waals surface area contributed by atoms with Gasteiger partial charge in [-0.2, -0.15) is 0 Å². The predicted octanol–water partition coefficient (Wildman–Crippen LogP) is 4.83. The largest absolute Gasteiger partial charge is 0.321 e. The summed E-state index contributed by atoms with van der Waals surface area (Å²) in [5.74, 6) is -0.355. The number of nitrogens with zero attached hydrogens (tertiary/aromatic N) is 1. The Morgan fingerprint density at radius 2 is 2.07 bits per heavy atom. The van der Waals surface area contributed by atoms with Crippen molar-refractivity contribution in [2.24, 2.45) is 0 Å². The predicted molar refractivity (Wildman–Crippen MR) is 108 cm³/mol. The second-order valence-corrected chi connectivity index (χ2v) is 7.81. The maximum absolute atomic E-state index is 12.8. The highest BCUT2D eigenvalue weighted by Gasteiger charge is 2.32. The van der Waals surface area contributed by atoms with Gasteiger partial charge in [0, 0.05) is 35.4 Å². The fraction of sp³-hybridized carbons (Fsp3) is 0.150. The summed E-state index contributed by atoms with van der Waals surface area (Å²) in [4.78, 5) is 29.8. The number of hydrogen-bond acceptors (Lipinski definition) is 4. The van der Waals surface area contributed by atoms with Crippen molar-refractivity contribution in [3.8, 4) is 0 Å². The van der Waals surface area contributed by atoms with Gasteiger partial charge in [-0.05, 0) is 53.9 Å². The summed E-state index contributed by atoms with van der Waals surface area (Å²) in [6.07, 6.45) is 3.82. The first kappa shape index (κ1) is 17.7. The molecule has 0 saturated heterocycles. The molecule has 0 bridgehead atoms. The van der Waals surface area contributed by atoms with E-state index in [4.69, 9.17) is 11.6 Å². The first-order valence-electron chi connectivity index (χ1n) is 8.43. The van der Waals surface area contributed by atoms with Crippen LogP contribution in [-0.4, -0.2) is 16.8 Å². The third-order valence-corrected chi connectivity index (χ3v) is 6.05. The number of aromatic nitrogens is 1. The summed E-state index contributed by atoms with van der Waals surface area (Å²) >= 11 is 7.20. The Morgan fingerprint density at radius 1 is 1.30 bits per heavy atom. The molecule has 3 aromatic rings. The number of amides is 2. The van der Waals surface area contributed by atoms with Crippen LogP contribution < -0.4 is 10.6 Å². The highest BCUT2D eigenvalue weighted by Crippen LogP contribution is 2.45. The summed E-state index contributed by atoms with van der Waals surface area (Å²) in [6.45, 7) is 1.92. The number of carbonyl (C=O) groups excluding carboxylic acids is 2. The molecule has 1 aliphatic rings. The Balaban J connectivity index is 1.69. The van der Waals surface area contributed by atoms with Crippen LogP contribution in [0.5, 0.6) is 0 Å². The minimum atomic E-state index is -0.201. The fourth-order valence-corrected chi connectivity index (χ4v) is 4.62. The second-order valence-electron chi connectivity index (χ2n) is 6.35. The highest BCUT2D eigenvalue weighted by atomic mass is 35.5. The van der Waals surface area contributed by atoms with Crippen LogP contribution >= 0.6 is 22.9 Å². The smallest absolute Gasteiger partial charge is 0.266 e. The van der Waals surface area contributed by atoms with Crippen LogP contribution in [0.15, 0.2) is 48.8 Å². The molecule has 1 aromatic carbocycles. The van der Waals surface area contributed by atoms with E-state index in [-0.39, 0.29) is 17.7 Å². The molecule has 3 heterocycles. The lowest BCUT2D eigenvalue weighted by molar-refractivity contribution is -0.116. The number of hydrogen-bond donors (Lipinski definition) is 2. The molecule has 136 valence electrons. The third kappa shape index (κ3) is 3.46. The number of carbonyl (C=O) groups is 2. The summed E-state index contributed by atoms with van der Waals surface area (Å²) < 4.78 is 0. The maximum Gasteiger partial charge on any atom is 0.266 e. The monoisotopic (exact) mass is 397 g/mol. The zero-order chi connectivity index (χ0) is 19.0. The second kappa shape index (κ2) is 7.13. The van der Waals surface area contributed by atoms with Gasteiger partial charge in [0.25, 0.3) is 5.91 Å². The molecule has 27 heavy (non-hydrogen) atoms. The average molecular weight is 398 g/mol. The summed E-state index contributed by atoms with van der Waals surface area (Å²) in [7, 11) is 0. The molecule has 2 N–H and O–H groups in total. The molecule has 0 fully saturated rings. The summed E-state index contributed by atoms with van der Waals surface area (Å²) in [5, 5.41) is 7.14. The molecule has 2 aromatic heterocycles. The van der Waals surface area contributed by atoms with E-state index < -0.39 is 0 Å². The Hall–Kier alpha value is -2.70. The molecule has 5 nitrogen and oxygen atoms in total. The molecule has 0 saturated carbocycles. The van der Waals surface area contributed by atoms with E-state index in [0.29, 0.717) is 22.0 Å². The van der Waals surface area contributed by atoms with Gasteiger partial charge in [0.2, 0.25) is 5.91 Å². The zero-order valence-electron chi connectivity index (χ0n) is 14.5. The van der Waals surface area contributed by atoms with E-state index in [9.17, 15) is 9.59 Å². The van der Waals surface area contributed by atoms with Crippen molar-refractivity contribution >= 4 is 45.4 Å². The van der Waals surface area contributed by atoms with Gasteiger partial charge in [-0.15, -0.1) is 11.3 Å². The maximum atomic E-state index is 12.8. The SMILES string of the molecule is Cc1c(C(=O)Nc2ccc(Cl)cc2)sc2c1[C@H](c1cccnc1)CC(=O)N2. The van der Waals surface area contributed by atoms with Crippen molar-refractivity contribution in [2.75, 3.05) is 10.6 Å². The molecule has 0 spiro atoms. The lowest BCUT2D eigenvalue weighted by Crippen LogP contribution is -2.22. The van der Waals surface area contributed by atoms with E-state index in [1.165, 1.54) is 11.3 Å². The number of halogens is 1. The molecule has 0 unspecified atom stereocenters. The minimum absolute atomic E-state index is 0.0535. The van der Waals surface area contributed by atoms with Gasteiger partial charge >= 0.3 is 0 Å². The fourth-order valence-electron chi connectivity index (χ4n) is 3.31. The van der Waals surface area contributed by atoms with Crippen molar-refractivity contribution < 1.29 is 9.59 Å². The first-order chi connectivity index (χ1) is 13.0. The molecular weight excluding hydrogens is 382 g/mol. The number of nitrogens with one attached hydrogen (secondary N) is 2. The van der Waals surface area contributed by atoms with Crippen LogP contribution in [0, 0.1) is 6.92 Å².